The molecular formula is C22H28N6. The van der Waals surface area contributed by atoms with Gasteiger partial charge in [-0.15, -0.1) is 0 Å². The Kier molecular flexibility index (Phi) is 4.74. The first-order valence-corrected chi connectivity index (χ1v) is 10.4. The molecule has 2 N–H and O–H groups in total. The van der Waals surface area contributed by atoms with E-state index in [9.17, 15) is 0 Å². The molecule has 0 radical (unpaired) electrons. The van der Waals surface area contributed by atoms with Crippen molar-refractivity contribution in [3.05, 3.63) is 59.7 Å². The van der Waals surface area contributed by atoms with E-state index < -0.39 is 0 Å². The summed E-state index contributed by atoms with van der Waals surface area (Å²) < 4.78 is 2.26. The van der Waals surface area contributed by atoms with Gasteiger partial charge in [-0.25, -0.2) is 4.98 Å². The maximum absolute atomic E-state index is 4.98. The number of piperazine rings is 1. The number of imidazole rings is 1. The van der Waals surface area contributed by atoms with Gasteiger partial charge in [0.05, 0.1) is 23.5 Å². The highest BCUT2D eigenvalue weighted by Crippen LogP contribution is 2.33. The number of nitrogens with zero attached hydrogens (tertiary/aromatic N) is 4. The van der Waals surface area contributed by atoms with Crippen molar-refractivity contribution >= 4 is 11.5 Å². The summed E-state index contributed by atoms with van der Waals surface area (Å²) in [7, 11) is 0. The second-order valence-electron chi connectivity index (χ2n) is 7.92. The number of hydrogen-bond acceptors (Lipinski definition) is 5. The molecule has 28 heavy (non-hydrogen) atoms. The van der Waals surface area contributed by atoms with Gasteiger partial charge >= 0.3 is 0 Å². The van der Waals surface area contributed by atoms with Crippen molar-refractivity contribution in [2.75, 3.05) is 31.1 Å². The van der Waals surface area contributed by atoms with Crippen molar-refractivity contribution in [3.63, 3.8) is 0 Å². The van der Waals surface area contributed by atoms with Crippen LogP contribution in [0.15, 0.2) is 42.7 Å². The van der Waals surface area contributed by atoms with Crippen LogP contribution < -0.4 is 15.5 Å². The molecule has 0 bridgehead atoms. The number of pyridine rings is 2. The summed E-state index contributed by atoms with van der Waals surface area (Å²) in [5.74, 6) is 1.24. The summed E-state index contributed by atoms with van der Waals surface area (Å²) in [4.78, 5) is 12.1. The van der Waals surface area contributed by atoms with Crippen LogP contribution in [0, 0.1) is 6.92 Å². The van der Waals surface area contributed by atoms with Gasteiger partial charge in [-0.1, -0.05) is 12.1 Å². The molecule has 2 unspecified atom stereocenters. The first-order valence-electron chi connectivity index (χ1n) is 10.4. The van der Waals surface area contributed by atoms with Crippen LogP contribution in [0.25, 0.3) is 5.65 Å². The van der Waals surface area contributed by atoms with Crippen LogP contribution in [-0.2, 0) is 0 Å². The maximum Gasteiger partial charge on any atom is 0.138 e. The molecule has 0 spiro atoms. The van der Waals surface area contributed by atoms with Gasteiger partial charge in [0, 0.05) is 38.6 Å². The second kappa shape index (κ2) is 7.53. The van der Waals surface area contributed by atoms with E-state index in [1.807, 2.05) is 12.3 Å². The molecule has 6 nitrogen and oxygen atoms in total. The number of nitrogens with one attached hydrogen (secondary N) is 2. The Morgan fingerprint density at radius 1 is 1.04 bits per heavy atom. The average Bonchev–Trinajstić information content (AvgIpc) is 3.19. The van der Waals surface area contributed by atoms with Crippen LogP contribution in [-0.4, -0.2) is 40.5 Å². The van der Waals surface area contributed by atoms with Crippen molar-refractivity contribution in [2.24, 2.45) is 0 Å². The second-order valence-corrected chi connectivity index (χ2v) is 7.92. The molecule has 2 fully saturated rings. The largest absolute Gasteiger partial charge is 0.355 e. The fourth-order valence-corrected chi connectivity index (χ4v) is 4.58. The van der Waals surface area contributed by atoms with Gasteiger partial charge in [0.2, 0.25) is 0 Å². The lowest BCUT2D eigenvalue weighted by Crippen LogP contribution is -2.44. The molecule has 5 heterocycles. The minimum absolute atomic E-state index is 0.274. The maximum atomic E-state index is 4.98. The molecule has 0 aromatic carbocycles. The van der Waals surface area contributed by atoms with Crippen LogP contribution in [0.5, 0.6) is 0 Å². The number of piperidine rings is 1. The molecule has 3 aromatic rings. The average molecular weight is 377 g/mol. The summed E-state index contributed by atoms with van der Waals surface area (Å²) in [5, 5.41) is 7.26. The summed E-state index contributed by atoms with van der Waals surface area (Å²) in [5.41, 5.74) is 4.61. The lowest BCUT2D eigenvalue weighted by Gasteiger charge is -2.30. The third-order valence-corrected chi connectivity index (χ3v) is 6.06. The monoisotopic (exact) mass is 376 g/mol. The third kappa shape index (κ3) is 3.27. The van der Waals surface area contributed by atoms with Gasteiger partial charge in [0.25, 0.3) is 0 Å². The van der Waals surface area contributed by atoms with E-state index in [1.54, 1.807) is 0 Å². The van der Waals surface area contributed by atoms with Gasteiger partial charge in [0.15, 0.2) is 0 Å². The van der Waals surface area contributed by atoms with Crippen LogP contribution >= 0.6 is 0 Å². The predicted octanol–water partition coefficient (Wildman–Crippen LogP) is 3.00. The Morgan fingerprint density at radius 3 is 2.75 bits per heavy atom. The molecule has 2 aliphatic heterocycles. The van der Waals surface area contributed by atoms with Gasteiger partial charge in [0.1, 0.15) is 11.5 Å². The Bertz CT molecular complexity index is 959. The number of hydrogen-bond donors (Lipinski definition) is 2. The Hall–Kier alpha value is -2.44. The highest BCUT2D eigenvalue weighted by atomic mass is 15.3. The Labute approximate surface area is 166 Å². The van der Waals surface area contributed by atoms with Crippen molar-refractivity contribution in [2.45, 2.75) is 38.3 Å². The molecule has 2 aliphatic rings. The number of aromatic nitrogens is 3. The quantitative estimate of drug-likeness (QED) is 0.736. The van der Waals surface area contributed by atoms with E-state index in [4.69, 9.17) is 4.98 Å². The van der Waals surface area contributed by atoms with E-state index in [1.165, 1.54) is 23.5 Å². The Morgan fingerprint density at radius 2 is 1.89 bits per heavy atom. The molecule has 3 aromatic heterocycles. The lowest BCUT2D eigenvalue weighted by molar-refractivity contribution is 0.321. The summed E-state index contributed by atoms with van der Waals surface area (Å²) in [6.45, 7) is 6.30. The van der Waals surface area contributed by atoms with E-state index in [0.29, 0.717) is 6.04 Å². The van der Waals surface area contributed by atoms with Crippen LogP contribution in [0.2, 0.25) is 0 Å². The summed E-state index contributed by atoms with van der Waals surface area (Å²) in [6, 6.07) is 11.2. The molecule has 146 valence electrons. The highest BCUT2D eigenvalue weighted by Gasteiger charge is 2.27. The molecule has 0 aliphatic carbocycles. The van der Waals surface area contributed by atoms with E-state index >= 15 is 0 Å². The van der Waals surface area contributed by atoms with Crippen molar-refractivity contribution in [1.82, 2.24) is 25.0 Å². The van der Waals surface area contributed by atoms with Gasteiger partial charge in [-0.2, -0.15) is 0 Å². The minimum Gasteiger partial charge on any atom is -0.355 e. The molecule has 2 atom stereocenters. The first-order chi connectivity index (χ1) is 13.8. The highest BCUT2D eigenvalue weighted by molar-refractivity contribution is 5.53. The zero-order valence-corrected chi connectivity index (χ0v) is 16.4. The van der Waals surface area contributed by atoms with Crippen molar-refractivity contribution < 1.29 is 0 Å². The van der Waals surface area contributed by atoms with Crippen molar-refractivity contribution in [1.29, 1.82) is 0 Å². The van der Waals surface area contributed by atoms with E-state index in [0.717, 1.165) is 50.4 Å². The normalized spacial score (nSPS) is 23.2. The van der Waals surface area contributed by atoms with Gasteiger partial charge < -0.3 is 15.5 Å². The molecule has 0 saturated carbocycles. The zero-order chi connectivity index (χ0) is 18.9. The van der Waals surface area contributed by atoms with Crippen LogP contribution in [0.3, 0.4) is 0 Å². The first kappa shape index (κ1) is 17.6. The molecule has 0 amide bonds. The smallest absolute Gasteiger partial charge is 0.138 e. The number of anilines is 1. The Balaban J connectivity index is 1.43. The molecule has 2 saturated heterocycles. The van der Waals surface area contributed by atoms with Gasteiger partial charge in [-0.3, -0.25) is 9.38 Å². The summed E-state index contributed by atoms with van der Waals surface area (Å²) >= 11 is 0. The van der Waals surface area contributed by atoms with E-state index in [-0.39, 0.29) is 6.04 Å². The fraction of sp³-hybridized carbons (Fsp3) is 0.455. The van der Waals surface area contributed by atoms with Crippen molar-refractivity contribution in [3.8, 4) is 0 Å². The summed E-state index contributed by atoms with van der Waals surface area (Å²) in [6.07, 6.45) is 7.58. The molecular weight excluding hydrogens is 348 g/mol. The lowest BCUT2D eigenvalue weighted by atomic mass is 9.93. The third-order valence-electron chi connectivity index (χ3n) is 6.06. The van der Waals surface area contributed by atoms with E-state index in [2.05, 4.69) is 62.3 Å². The standard InChI is InChI=1S/C22H28N6/c1-16-5-4-10-24-22(16)18-7-2-6-17(25-18)19-15-28-20(26-19)8-3-9-21(28)27-13-11-23-12-14-27/h3-5,8-10,15,17-18,23,25H,2,6-7,11-14H2,1H3. The minimum atomic E-state index is 0.274. The topological polar surface area (TPSA) is 57.5 Å². The molecule has 5 rings (SSSR count). The predicted molar refractivity (Wildman–Crippen MR) is 112 cm³/mol. The number of aryl methyl sites for hydroxylation is 1. The van der Waals surface area contributed by atoms with Crippen LogP contribution in [0.1, 0.15) is 48.3 Å². The molecule has 6 heteroatoms. The number of fused-ring (bicyclic) bond motifs is 1. The SMILES string of the molecule is Cc1cccnc1C1CCCC(c2cn3c(N4CCNCC4)cccc3n2)N1. The van der Waals surface area contributed by atoms with Gasteiger partial charge in [-0.05, 0) is 49.9 Å². The fourth-order valence-electron chi connectivity index (χ4n) is 4.58. The van der Waals surface area contributed by atoms with Crippen LogP contribution in [0.4, 0.5) is 5.82 Å². The zero-order valence-electron chi connectivity index (χ0n) is 16.4. The number of rotatable bonds is 3.